The van der Waals surface area contributed by atoms with Gasteiger partial charge in [0.05, 0.1) is 6.42 Å². The van der Waals surface area contributed by atoms with Crippen LogP contribution < -0.4 is 0 Å². The summed E-state index contributed by atoms with van der Waals surface area (Å²) in [7, 11) is 0. The first-order valence-corrected chi connectivity index (χ1v) is 5.06. The van der Waals surface area contributed by atoms with Crippen LogP contribution in [-0.2, 0) is 11.2 Å². The summed E-state index contributed by atoms with van der Waals surface area (Å²) in [5, 5.41) is 0. The van der Waals surface area contributed by atoms with Gasteiger partial charge < -0.3 is 0 Å². The smallest absolute Gasteiger partial charge is 0.294 e. The second-order valence-corrected chi connectivity index (χ2v) is 3.57. The number of ketones is 2. The molecule has 0 radical (unpaired) electrons. The molecule has 1 rings (SSSR count). The third kappa shape index (κ3) is 3.69. The average Bonchev–Trinajstić information content (AvgIpc) is 2.27. The van der Waals surface area contributed by atoms with Crippen molar-refractivity contribution >= 4 is 11.6 Å². The minimum absolute atomic E-state index is 0.141. The van der Waals surface area contributed by atoms with Crippen LogP contribution in [0.4, 0.5) is 13.2 Å². The Balaban J connectivity index is 2.80. The molecule has 5 heteroatoms. The Morgan fingerprint density at radius 2 is 1.88 bits per heavy atom. The Hall–Kier alpha value is -1.65. The Labute approximate surface area is 96.4 Å². The summed E-state index contributed by atoms with van der Waals surface area (Å²) in [4.78, 5) is 22.1. The quantitative estimate of drug-likeness (QED) is 0.602. The molecule has 0 aliphatic carbocycles. The number of carbonyl (C=O) groups excluding carboxylic acids is 2. The first-order valence-electron chi connectivity index (χ1n) is 5.06. The zero-order chi connectivity index (χ0) is 13.1. The topological polar surface area (TPSA) is 34.1 Å². The van der Waals surface area contributed by atoms with Gasteiger partial charge in [0.15, 0.2) is 5.78 Å². The molecule has 92 valence electrons. The van der Waals surface area contributed by atoms with E-state index in [0.29, 0.717) is 6.42 Å². The van der Waals surface area contributed by atoms with Gasteiger partial charge in [0.1, 0.15) is 0 Å². The molecule has 0 aliphatic rings. The number of carbonyl (C=O) groups is 2. The van der Waals surface area contributed by atoms with E-state index in [0.717, 1.165) is 5.56 Å². The van der Waals surface area contributed by atoms with Crippen LogP contribution in [0.15, 0.2) is 24.3 Å². The summed E-state index contributed by atoms with van der Waals surface area (Å²) in [6.07, 6.45) is -5.40. The van der Waals surface area contributed by atoms with E-state index in [2.05, 4.69) is 0 Å². The predicted octanol–water partition coefficient (Wildman–Crippen LogP) is 2.95. The molecular weight excluding hydrogens is 233 g/mol. The fraction of sp³-hybridized carbons (Fsp3) is 0.333. The minimum atomic E-state index is -4.95. The molecule has 1 aromatic carbocycles. The van der Waals surface area contributed by atoms with Crippen molar-refractivity contribution < 1.29 is 22.8 Å². The lowest BCUT2D eigenvalue weighted by Gasteiger charge is -2.05. The van der Waals surface area contributed by atoms with Crippen molar-refractivity contribution in [3.63, 3.8) is 0 Å². The molecule has 0 spiro atoms. The number of alkyl halides is 3. The summed E-state index contributed by atoms with van der Waals surface area (Å²) in [6.45, 7) is 1.87. The lowest BCUT2D eigenvalue weighted by molar-refractivity contribution is -0.170. The van der Waals surface area contributed by atoms with Crippen molar-refractivity contribution in [2.24, 2.45) is 0 Å². The van der Waals surface area contributed by atoms with Crippen LogP contribution >= 0.6 is 0 Å². The highest BCUT2D eigenvalue weighted by molar-refractivity contribution is 6.09. The molecule has 0 saturated heterocycles. The molecule has 0 aromatic heterocycles. The second-order valence-electron chi connectivity index (χ2n) is 3.57. The normalized spacial score (nSPS) is 11.3. The molecular formula is C12H11F3O2. The van der Waals surface area contributed by atoms with Crippen molar-refractivity contribution in [1.82, 2.24) is 0 Å². The molecule has 0 fully saturated rings. The van der Waals surface area contributed by atoms with Gasteiger partial charge in [-0.15, -0.1) is 0 Å². The summed E-state index contributed by atoms with van der Waals surface area (Å²) in [6, 6.07) is 6.27. The van der Waals surface area contributed by atoms with E-state index in [4.69, 9.17) is 0 Å². The number of rotatable bonds is 4. The Morgan fingerprint density at radius 3 is 2.41 bits per heavy atom. The highest BCUT2D eigenvalue weighted by atomic mass is 19.4. The monoisotopic (exact) mass is 244 g/mol. The maximum absolute atomic E-state index is 12.0. The number of benzene rings is 1. The van der Waals surface area contributed by atoms with E-state index >= 15 is 0 Å². The van der Waals surface area contributed by atoms with Crippen LogP contribution in [0.2, 0.25) is 0 Å². The van der Waals surface area contributed by atoms with Gasteiger partial charge in [-0.3, -0.25) is 9.59 Å². The van der Waals surface area contributed by atoms with Crippen molar-refractivity contribution in [2.75, 3.05) is 0 Å². The third-order valence-electron chi connectivity index (χ3n) is 2.29. The number of hydrogen-bond donors (Lipinski definition) is 0. The molecule has 1 aromatic rings. The van der Waals surface area contributed by atoms with E-state index in [1.807, 2.05) is 6.92 Å². The van der Waals surface area contributed by atoms with E-state index in [9.17, 15) is 22.8 Å². The van der Waals surface area contributed by atoms with Crippen molar-refractivity contribution in [3.05, 3.63) is 35.4 Å². The van der Waals surface area contributed by atoms with E-state index in [1.165, 1.54) is 12.1 Å². The van der Waals surface area contributed by atoms with Crippen LogP contribution in [0.25, 0.3) is 0 Å². The van der Waals surface area contributed by atoms with Gasteiger partial charge >= 0.3 is 6.18 Å². The highest BCUT2D eigenvalue weighted by Gasteiger charge is 2.39. The van der Waals surface area contributed by atoms with Gasteiger partial charge in [0.25, 0.3) is 0 Å². The zero-order valence-electron chi connectivity index (χ0n) is 9.17. The highest BCUT2D eigenvalue weighted by Crippen LogP contribution is 2.19. The Kier molecular flexibility index (Phi) is 4.04. The fourth-order valence-electron chi connectivity index (χ4n) is 1.31. The average molecular weight is 244 g/mol. The number of halogens is 3. The largest absolute Gasteiger partial charge is 0.450 e. The van der Waals surface area contributed by atoms with E-state index in [-0.39, 0.29) is 5.56 Å². The standard InChI is InChI=1S/C12H11F3O2/c1-2-8-4-3-5-9(6-8)10(16)7-11(17)12(13,14)15/h3-6H,2,7H2,1H3. The zero-order valence-corrected chi connectivity index (χ0v) is 9.17. The summed E-state index contributed by atoms with van der Waals surface area (Å²) in [5.74, 6) is -2.81. The molecule has 0 heterocycles. The Morgan fingerprint density at radius 1 is 1.24 bits per heavy atom. The van der Waals surface area contributed by atoms with Crippen molar-refractivity contribution in [2.45, 2.75) is 25.9 Å². The molecule has 0 aliphatic heterocycles. The van der Waals surface area contributed by atoms with Crippen LogP contribution in [0.5, 0.6) is 0 Å². The Bertz CT molecular complexity index is 436. The van der Waals surface area contributed by atoms with E-state index in [1.54, 1.807) is 12.1 Å². The van der Waals surface area contributed by atoms with Crippen molar-refractivity contribution in [3.8, 4) is 0 Å². The van der Waals surface area contributed by atoms with E-state index < -0.39 is 24.2 Å². The molecule has 0 unspecified atom stereocenters. The summed E-state index contributed by atoms with van der Waals surface area (Å²) < 4.78 is 35.9. The molecule has 0 bridgehead atoms. The maximum atomic E-state index is 12.0. The first kappa shape index (κ1) is 13.4. The van der Waals surface area contributed by atoms with Gasteiger partial charge in [0.2, 0.25) is 5.78 Å². The predicted molar refractivity (Wildman–Crippen MR) is 55.8 cm³/mol. The lowest BCUT2D eigenvalue weighted by Crippen LogP contribution is -2.25. The second kappa shape index (κ2) is 5.12. The molecule has 0 amide bonds. The van der Waals surface area contributed by atoms with Gasteiger partial charge in [-0.1, -0.05) is 25.1 Å². The SMILES string of the molecule is CCc1cccc(C(=O)CC(=O)C(F)(F)F)c1. The summed E-state index contributed by atoms with van der Waals surface area (Å²) >= 11 is 0. The maximum Gasteiger partial charge on any atom is 0.450 e. The summed E-state index contributed by atoms with van der Waals surface area (Å²) in [5.41, 5.74) is 0.984. The minimum Gasteiger partial charge on any atom is -0.294 e. The van der Waals surface area contributed by atoms with Crippen LogP contribution in [0.3, 0.4) is 0 Å². The molecule has 17 heavy (non-hydrogen) atoms. The fourth-order valence-corrected chi connectivity index (χ4v) is 1.31. The molecule has 2 nitrogen and oxygen atoms in total. The van der Waals surface area contributed by atoms with Gasteiger partial charge in [-0.05, 0) is 18.1 Å². The van der Waals surface area contributed by atoms with Crippen molar-refractivity contribution in [1.29, 1.82) is 0 Å². The van der Waals surface area contributed by atoms with Crippen LogP contribution in [0, 0.1) is 0 Å². The lowest BCUT2D eigenvalue weighted by atomic mass is 10.0. The number of hydrogen-bond acceptors (Lipinski definition) is 2. The number of Topliss-reactive ketones (excluding diaryl/α,β-unsaturated/α-hetero) is 2. The third-order valence-corrected chi connectivity index (χ3v) is 2.29. The van der Waals surface area contributed by atoms with Crippen LogP contribution in [0.1, 0.15) is 29.3 Å². The van der Waals surface area contributed by atoms with Gasteiger partial charge in [0, 0.05) is 5.56 Å². The van der Waals surface area contributed by atoms with Crippen LogP contribution in [-0.4, -0.2) is 17.7 Å². The first-order chi connectivity index (χ1) is 7.84. The molecule has 0 atom stereocenters. The number of aryl methyl sites for hydroxylation is 1. The molecule has 0 saturated carbocycles. The molecule has 0 N–H and O–H groups in total. The van der Waals surface area contributed by atoms with Gasteiger partial charge in [-0.2, -0.15) is 13.2 Å². The van der Waals surface area contributed by atoms with Gasteiger partial charge in [-0.25, -0.2) is 0 Å².